The maximum Gasteiger partial charge on any atom is 1.00 e. The number of benzene rings is 8. The number of nitrogens with two attached hydrogens (primary N) is 1. The number of carboxylic acid groups (broad SMARTS) is 1. The van der Waals surface area contributed by atoms with Crippen molar-refractivity contribution in [1.29, 1.82) is 0 Å². The number of carboxylic acids is 1. The Hall–Kier alpha value is -8.44. The summed E-state index contributed by atoms with van der Waals surface area (Å²) in [6.45, 7) is 32.5. The van der Waals surface area contributed by atoms with E-state index in [0.717, 1.165) is 150 Å². The maximum absolute atomic E-state index is 11.9. The number of phenols is 2. The molecular formula is C107H143BrCl10FN8NaO13. The summed E-state index contributed by atoms with van der Waals surface area (Å²) in [5, 5.41) is 55.4. The molecule has 21 nitrogen and oxygen atoms in total. The molecule has 5 aliphatic rings. The summed E-state index contributed by atoms with van der Waals surface area (Å²) in [4.78, 5) is 32.5. The average molecular weight is 2230 g/mol. The van der Waals surface area contributed by atoms with Gasteiger partial charge in [-0.05, 0) is 255 Å². The zero-order valence-electron chi connectivity index (χ0n) is 79.4. The number of nitrogens with zero attached hydrogens (tertiary/aromatic N) is 5. The van der Waals surface area contributed by atoms with Gasteiger partial charge in [0.2, 0.25) is 5.91 Å². The molecule has 0 saturated carbocycles. The van der Waals surface area contributed by atoms with Crippen LogP contribution in [0.3, 0.4) is 0 Å². The molecule has 141 heavy (non-hydrogen) atoms. The zero-order valence-corrected chi connectivity index (χ0v) is 88.6. The minimum Gasteiger partial charge on any atom is -1.00 e. The number of hydrogen-bond acceptors (Lipinski definition) is 17. The van der Waals surface area contributed by atoms with Crippen molar-refractivity contribution in [3.05, 3.63) is 348 Å². The summed E-state index contributed by atoms with van der Waals surface area (Å²) in [5.74, 6) is 3.85. The van der Waals surface area contributed by atoms with Gasteiger partial charge < -0.3 is 72.6 Å². The molecule has 0 spiro atoms. The smallest absolute Gasteiger partial charge is 1.00 e. The minimum absolute atomic E-state index is 0. The molecule has 1 amide bonds. The number of ether oxygens (including phenoxy) is 6. The Kier molecular flexibility index (Phi) is 79.9. The fourth-order valence-electron chi connectivity index (χ4n) is 12.7. The third-order valence-corrected chi connectivity index (χ3v) is 21.0. The van der Waals surface area contributed by atoms with Crippen molar-refractivity contribution in [2.24, 2.45) is 10.8 Å². The monoisotopic (exact) mass is 2220 g/mol. The van der Waals surface area contributed by atoms with Crippen molar-refractivity contribution < 1.29 is 100 Å². The molecular weight excluding hydrogens is 2080 g/mol. The number of pyridine rings is 2. The number of aliphatic hydroxyl groups is 2. The summed E-state index contributed by atoms with van der Waals surface area (Å²) < 4.78 is 49.0. The number of aliphatic carboxylic acids is 1. The summed E-state index contributed by atoms with van der Waals surface area (Å²) in [6, 6.07) is 41.7. The van der Waals surface area contributed by atoms with Crippen molar-refractivity contribution in [1.82, 2.24) is 21.4 Å². The SMILES string of the molecule is C.C.C.C.C.C.C=CCBr.C=CCOc1ccc(C)cc1Cl.C=CCc1cc(C)cc(Cl)c1O.CCC1Cc2cc(C)cc(Cl)c2O1.CCO.Cc1cc(Cl)c2c(c1)CC(CN)O2.Cc1cc(Cl)c2c(c1)CC(CN=[N+]=[N-])O2.Cc1cc(Cl)c2c(c1)CC(CNC(=O)/C=C/c1cccnc1)O2.Cc1cc(Cl)c2c(c1)CC(CO)O2.Cc1ccc(O)c(Cl)c1.ClCCl.N.O=C(O)/C=C/c1cccnc1.[2H]CF.[H-].[Na+]. The van der Waals surface area contributed by atoms with E-state index in [9.17, 15) is 19.1 Å². The van der Waals surface area contributed by atoms with Crippen LogP contribution in [0.2, 0.25) is 40.2 Å². The molecule has 0 bridgehead atoms. The second kappa shape index (κ2) is 79.9. The largest absolute Gasteiger partial charge is 1.00 e. The first-order valence-electron chi connectivity index (χ1n) is 42.2. The molecule has 15 rings (SSSR count). The Morgan fingerprint density at radius 2 is 0.915 bits per heavy atom. The van der Waals surface area contributed by atoms with E-state index in [2.05, 4.69) is 105 Å². The average Bonchev–Trinajstić information content (AvgIpc) is 1.69. The van der Waals surface area contributed by atoms with Gasteiger partial charge in [-0.3, -0.25) is 19.2 Å². The van der Waals surface area contributed by atoms with Crippen molar-refractivity contribution in [2.45, 2.75) is 189 Å². The number of halogens is 12. The van der Waals surface area contributed by atoms with E-state index in [1.54, 1.807) is 92.4 Å². The molecule has 2 aromatic heterocycles. The molecule has 0 fully saturated rings. The summed E-state index contributed by atoms with van der Waals surface area (Å²) in [6.07, 6.45) is 23.7. The Balaban J connectivity index is -0.000000287. The number of aryl methyl sites for hydroxylation is 8. The van der Waals surface area contributed by atoms with Crippen LogP contribution < -0.4 is 75.2 Å². The zero-order chi connectivity index (χ0) is 99.9. The van der Waals surface area contributed by atoms with E-state index in [0.29, 0.717) is 79.7 Å². The van der Waals surface area contributed by atoms with E-state index in [1.807, 2.05) is 115 Å². The molecule has 8 aromatic carbocycles. The Labute approximate surface area is 920 Å². The number of rotatable bonds is 17. The molecule has 5 atom stereocenters. The van der Waals surface area contributed by atoms with E-state index in [-0.39, 0.29) is 142 Å². The van der Waals surface area contributed by atoms with Crippen molar-refractivity contribution in [3.63, 3.8) is 0 Å². The number of hydrogen-bond donors (Lipinski definition) is 8. The Morgan fingerprint density at radius 1 is 0.560 bits per heavy atom. The van der Waals surface area contributed by atoms with Gasteiger partial charge in [-0.15, -0.1) is 36.4 Å². The summed E-state index contributed by atoms with van der Waals surface area (Å²) in [7, 11) is -1.00. The van der Waals surface area contributed by atoms with Crippen LogP contribution >= 0.6 is 132 Å². The number of aliphatic hydroxyl groups excluding tert-OH is 2. The van der Waals surface area contributed by atoms with Crippen LogP contribution in [0.15, 0.2) is 213 Å². The number of phenolic OH excluding ortho intramolecular Hbond substituents is 2. The molecule has 5 aliphatic heterocycles. The van der Waals surface area contributed by atoms with Crippen LogP contribution in [0.1, 0.15) is 157 Å². The number of nitrogens with one attached hydrogen (secondary N) is 1. The fraction of sp³-hybridized carbons (Fsp3) is 0.346. The topological polar surface area (TPSA) is 338 Å². The second-order valence-electron chi connectivity index (χ2n) is 29.6. The predicted molar refractivity (Wildman–Crippen MR) is 598 cm³/mol. The second-order valence-corrected chi connectivity index (χ2v) is 34.3. The Bertz CT molecular complexity index is 5320. The third-order valence-electron chi connectivity index (χ3n) is 18.3. The van der Waals surface area contributed by atoms with Gasteiger partial charge in [-0.2, -0.15) is 0 Å². The quantitative estimate of drug-likeness (QED) is 0.00798. The standard InChI is InChI=1S/C18H17ClN2O2.C11H13ClO.C10H10ClN3O.C10H12ClNO.C10H11ClO2.2C10H11ClO.C8H7NO2.C7H7ClO.C3H5Br.C2H6O.CH2Cl2.CH3F.6CH4.H3N.Na.H/c1-12-7-14-9-15(23-18(14)16(19)8-12)11-21-17(22)5-4-13-3-2-6-20-10-13;1-3-9-6-8-4-7(2)5-10(12)11(8)13-9;1-6-2-7-4-8(5-13-14-12)15-10(7)9(11)3-6;2*1-6-2-7-4-8(5-12)13-10(7)9(11)3-6;1-3-6-12-10-5-4-8(2)7-9(10)11;1-3-4-8-5-7(2)6-9(11)10(8)12;10-8(11)4-3-7-2-1-5-9-6-7;1-5-2-3-7(9)6(8)4-5;1-2-3-4;1-2-3;2-1-3;1-2;;;;;;;;;/h2-8,10,15H,9,11H2,1H3,(H,21,22);4-5,9H,3,6H2,1-2H3;2-3,8H,4-5H2,1H3;2-3,8H,4-5,12H2,1H3;2-3,8,12H,4-5H2,1H3;3-5,7H,1,6H2,2H3;3,5-6,12H,1,4H2,2H3;1-6H,(H,10,11);2-4,9H,1H3;2H,1,3H2;3H,2H2,1H3;1H2;1H3;6*1H4;1H3;;/q;;;;;;;;;;;;;;;;;;;;+1;-1/b5-4+;;;;;;;4-3+;;;;;;;;;;;;;;/i;;;;;;;;;;;;1D;;;;;;;;;. The number of carbonyl (C=O) groups excluding carboxylic acids is 1. The van der Waals surface area contributed by atoms with Crippen molar-refractivity contribution >= 4 is 156 Å². The van der Waals surface area contributed by atoms with Gasteiger partial charge in [-0.1, -0.05) is 251 Å². The fourth-order valence-corrected chi connectivity index (χ4v) is 15.2. The number of carbonyl (C=O) groups is 2. The van der Waals surface area contributed by atoms with E-state index < -0.39 is 13.1 Å². The summed E-state index contributed by atoms with van der Waals surface area (Å²) in [5.41, 5.74) is 31.0. The van der Waals surface area contributed by atoms with E-state index >= 15 is 0 Å². The number of aromatic hydroxyl groups is 2. The first kappa shape index (κ1) is 141. The van der Waals surface area contributed by atoms with Crippen molar-refractivity contribution in [3.8, 4) is 46.0 Å². The molecule has 10 aromatic rings. The molecule has 0 saturated heterocycles. The van der Waals surface area contributed by atoms with Crippen LogP contribution in [-0.4, -0.2) is 135 Å². The maximum atomic E-state index is 11.9. The number of aromatic nitrogens is 2. The van der Waals surface area contributed by atoms with Gasteiger partial charge in [0.25, 0.3) is 0 Å². The van der Waals surface area contributed by atoms with E-state index in [1.165, 1.54) is 34.4 Å². The first-order chi connectivity index (χ1) is 64.0. The first-order valence-corrected chi connectivity index (χ1v) is 46.7. The molecule has 34 heteroatoms. The van der Waals surface area contributed by atoms with Crippen LogP contribution in [0.25, 0.3) is 22.6 Å². The van der Waals surface area contributed by atoms with Crippen LogP contribution in [0, 0.1) is 55.4 Å². The van der Waals surface area contributed by atoms with Gasteiger partial charge in [0.15, 0.2) is 0 Å². The van der Waals surface area contributed by atoms with Gasteiger partial charge in [0.05, 0.1) is 73.7 Å². The number of alkyl halides is 4. The number of azide groups is 1. The van der Waals surface area contributed by atoms with Gasteiger partial charge in [-0.25, -0.2) is 4.79 Å². The molecule has 774 valence electrons. The number of allylic oxidation sites excluding steroid dienone is 2. The van der Waals surface area contributed by atoms with Crippen LogP contribution in [0.5, 0.6) is 46.0 Å². The summed E-state index contributed by atoms with van der Waals surface area (Å²) >= 11 is 60.2. The molecule has 7 heterocycles. The van der Waals surface area contributed by atoms with Gasteiger partial charge in [0, 0.05) is 92.4 Å². The molecule has 0 radical (unpaired) electrons. The van der Waals surface area contributed by atoms with Gasteiger partial charge >= 0.3 is 35.5 Å². The number of amides is 1. The normalized spacial score (nSPS) is 13.6. The van der Waals surface area contributed by atoms with E-state index in [4.69, 9.17) is 177 Å². The van der Waals surface area contributed by atoms with Crippen LogP contribution in [-0.2, 0) is 48.1 Å². The van der Waals surface area contributed by atoms with Crippen molar-refractivity contribution in [2.75, 3.05) is 57.3 Å². The Morgan fingerprint density at radius 3 is 1.28 bits per heavy atom. The molecule has 11 N–H and O–H groups in total. The van der Waals surface area contributed by atoms with Gasteiger partial charge in [0.1, 0.15) is 83.1 Å². The number of fused-ring (bicyclic) bond motifs is 5. The minimum atomic E-state index is -1.00. The predicted octanol–water partition coefficient (Wildman–Crippen LogP) is 28.2. The third kappa shape index (κ3) is 53.8. The van der Waals surface area contributed by atoms with Crippen LogP contribution in [0.4, 0.5) is 4.39 Å². The molecule has 5 unspecified atom stereocenters. The molecule has 0 aliphatic carbocycles.